The van der Waals surface area contributed by atoms with Crippen LogP contribution in [0.2, 0.25) is 0 Å². The molecule has 0 saturated carbocycles. The summed E-state index contributed by atoms with van der Waals surface area (Å²) in [6.07, 6.45) is 4.80. The Morgan fingerprint density at radius 3 is 2.72 bits per heavy atom. The zero-order valence-corrected chi connectivity index (χ0v) is 11.5. The van der Waals surface area contributed by atoms with Crippen molar-refractivity contribution < 1.29 is 4.42 Å². The van der Waals surface area contributed by atoms with Crippen LogP contribution in [0.3, 0.4) is 0 Å². The second kappa shape index (κ2) is 6.60. The van der Waals surface area contributed by atoms with Gasteiger partial charge in [-0.3, -0.25) is 0 Å². The molecule has 1 aromatic carbocycles. The van der Waals surface area contributed by atoms with E-state index in [1.165, 1.54) is 30.2 Å². The molecule has 2 heteroatoms. The third-order valence-corrected chi connectivity index (χ3v) is 3.36. The van der Waals surface area contributed by atoms with Gasteiger partial charge in [-0.05, 0) is 19.0 Å². The number of unbranched alkanes of at least 4 members (excludes halogenated alkanes) is 2. The Balaban J connectivity index is 2.06. The third-order valence-electron chi connectivity index (χ3n) is 3.36. The highest BCUT2D eigenvalue weighted by Gasteiger charge is 2.11. The van der Waals surface area contributed by atoms with E-state index in [-0.39, 0.29) is 0 Å². The van der Waals surface area contributed by atoms with Gasteiger partial charge in [-0.15, -0.1) is 0 Å². The molecule has 1 aromatic heterocycles. The monoisotopic (exact) mass is 245 g/mol. The van der Waals surface area contributed by atoms with Crippen molar-refractivity contribution in [2.75, 3.05) is 6.54 Å². The highest BCUT2D eigenvalue weighted by atomic mass is 16.3. The minimum absolute atomic E-state index is 0.921. The zero-order valence-electron chi connectivity index (χ0n) is 11.5. The number of fused-ring (bicyclic) bond motifs is 1. The molecule has 0 radical (unpaired) electrons. The number of aryl methyl sites for hydroxylation is 1. The maximum absolute atomic E-state index is 5.89. The molecular weight excluding hydrogens is 222 g/mol. The maximum atomic E-state index is 5.89. The molecule has 0 aliphatic rings. The largest absolute Gasteiger partial charge is 0.461 e. The van der Waals surface area contributed by atoms with E-state index in [0.717, 1.165) is 30.9 Å². The van der Waals surface area contributed by atoms with E-state index in [1.807, 2.05) is 6.07 Å². The number of furan rings is 1. The lowest BCUT2D eigenvalue weighted by Crippen LogP contribution is -2.15. The maximum Gasteiger partial charge on any atom is 0.134 e. The average Bonchev–Trinajstić information content (AvgIpc) is 2.77. The molecule has 0 spiro atoms. The van der Waals surface area contributed by atoms with Crippen LogP contribution in [-0.4, -0.2) is 6.54 Å². The molecule has 0 aliphatic carbocycles. The van der Waals surface area contributed by atoms with Crippen LogP contribution >= 0.6 is 0 Å². The first-order chi connectivity index (χ1) is 8.86. The van der Waals surface area contributed by atoms with E-state index < -0.39 is 0 Å². The summed E-state index contributed by atoms with van der Waals surface area (Å²) in [5.41, 5.74) is 2.35. The van der Waals surface area contributed by atoms with Gasteiger partial charge < -0.3 is 9.73 Å². The summed E-state index contributed by atoms with van der Waals surface area (Å²) in [6, 6.07) is 8.32. The summed E-state index contributed by atoms with van der Waals surface area (Å²) in [4.78, 5) is 0. The fourth-order valence-electron chi connectivity index (χ4n) is 2.34. The van der Waals surface area contributed by atoms with Crippen LogP contribution in [0, 0.1) is 0 Å². The number of para-hydroxylation sites is 1. The Labute approximate surface area is 109 Å². The van der Waals surface area contributed by atoms with Gasteiger partial charge in [0.05, 0.1) is 0 Å². The van der Waals surface area contributed by atoms with E-state index in [2.05, 4.69) is 37.4 Å². The summed E-state index contributed by atoms with van der Waals surface area (Å²) in [5.74, 6) is 1.12. The Kier molecular flexibility index (Phi) is 4.82. The lowest BCUT2D eigenvalue weighted by atomic mass is 10.1. The average molecular weight is 245 g/mol. The molecular formula is C16H23NO. The Hall–Kier alpha value is -1.28. The first-order valence-electron chi connectivity index (χ1n) is 7.06. The second-order valence-electron chi connectivity index (χ2n) is 4.74. The van der Waals surface area contributed by atoms with Gasteiger partial charge in [0, 0.05) is 23.9 Å². The molecule has 98 valence electrons. The van der Waals surface area contributed by atoms with Crippen LogP contribution in [0.1, 0.15) is 44.4 Å². The molecule has 1 N–H and O–H groups in total. The van der Waals surface area contributed by atoms with Gasteiger partial charge in [0.1, 0.15) is 11.3 Å². The molecule has 0 saturated heterocycles. The first-order valence-corrected chi connectivity index (χ1v) is 7.06. The molecule has 0 fully saturated rings. The van der Waals surface area contributed by atoms with E-state index in [1.54, 1.807) is 0 Å². The normalized spacial score (nSPS) is 11.2. The highest BCUT2D eigenvalue weighted by molar-refractivity contribution is 5.82. The molecule has 0 unspecified atom stereocenters. The zero-order chi connectivity index (χ0) is 12.8. The topological polar surface area (TPSA) is 25.2 Å². The molecule has 2 nitrogen and oxygen atoms in total. The summed E-state index contributed by atoms with van der Waals surface area (Å²) < 4.78 is 5.89. The van der Waals surface area contributed by atoms with Gasteiger partial charge in [-0.2, -0.15) is 0 Å². The molecule has 0 aliphatic heterocycles. The Morgan fingerprint density at radius 2 is 1.94 bits per heavy atom. The number of nitrogens with one attached hydrogen (secondary N) is 1. The summed E-state index contributed by atoms with van der Waals surface area (Å²) in [6.45, 7) is 6.40. The third kappa shape index (κ3) is 2.94. The molecule has 0 atom stereocenters. The highest BCUT2D eigenvalue weighted by Crippen LogP contribution is 2.26. The minimum Gasteiger partial charge on any atom is -0.461 e. The lowest BCUT2D eigenvalue weighted by Gasteiger charge is -2.04. The Bertz CT molecular complexity index is 487. The number of benzene rings is 1. The molecule has 0 amide bonds. The standard InChI is InChI=1S/C16H23NO/c1-3-5-8-11-17-12-14-13-9-6-7-10-16(13)18-15(14)4-2/h6-7,9-10,17H,3-5,8,11-12H2,1-2H3. The minimum atomic E-state index is 0.921. The molecule has 18 heavy (non-hydrogen) atoms. The molecule has 1 heterocycles. The summed E-state index contributed by atoms with van der Waals surface area (Å²) in [7, 11) is 0. The van der Waals surface area contributed by atoms with Crippen molar-refractivity contribution in [3.05, 3.63) is 35.6 Å². The van der Waals surface area contributed by atoms with E-state index in [0.29, 0.717) is 0 Å². The van der Waals surface area contributed by atoms with Crippen molar-refractivity contribution in [1.29, 1.82) is 0 Å². The molecule has 2 aromatic rings. The number of hydrogen-bond donors (Lipinski definition) is 1. The van der Waals surface area contributed by atoms with Crippen LogP contribution in [0.25, 0.3) is 11.0 Å². The van der Waals surface area contributed by atoms with Crippen LogP contribution < -0.4 is 5.32 Å². The van der Waals surface area contributed by atoms with Crippen LogP contribution in [-0.2, 0) is 13.0 Å². The fourth-order valence-corrected chi connectivity index (χ4v) is 2.34. The SMILES string of the molecule is CCCCCNCc1c(CC)oc2ccccc12. The van der Waals surface area contributed by atoms with Crippen molar-refractivity contribution >= 4 is 11.0 Å². The van der Waals surface area contributed by atoms with Crippen LogP contribution in [0.15, 0.2) is 28.7 Å². The predicted octanol–water partition coefficient (Wildman–Crippen LogP) is 4.28. The van der Waals surface area contributed by atoms with Gasteiger partial charge >= 0.3 is 0 Å². The predicted molar refractivity (Wildman–Crippen MR) is 76.8 cm³/mol. The van der Waals surface area contributed by atoms with Crippen molar-refractivity contribution in [2.24, 2.45) is 0 Å². The summed E-state index contributed by atoms with van der Waals surface area (Å²) in [5, 5.41) is 4.79. The van der Waals surface area contributed by atoms with Crippen LogP contribution in [0.4, 0.5) is 0 Å². The van der Waals surface area contributed by atoms with E-state index >= 15 is 0 Å². The van der Waals surface area contributed by atoms with Gasteiger partial charge in [0.25, 0.3) is 0 Å². The van der Waals surface area contributed by atoms with Crippen molar-refractivity contribution in [2.45, 2.75) is 46.1 Å². The number of hydrogen-bond acceptors (Lipinski definition) is 2. The van der Waals surface area contributed by atoms with Gasteiger partial charge in [-0.25, -0.2) is 0 Å². The second-order valence-corrected chi connectivity index (χ2v) is 4.74. The quantitative estimate of drug-likeness (QED) is 0.737. The van der Waals surface area contributed by atoms with E-state index in [4.69, 9.17) is 4.42 Å². The molecule has 2 rings (SSSR count). The van der Waals surface area contributed by atoms with Crippen molar-refractivity contribution in [1.82, 2.24) is 5.32 Å². The summed E-state index contributed by atoms with van der Waals surface area (Å²) >= 11 is 0. The molecule has 0 bridgehead atoms. The fraction of sp³-hybridized carbons (Fsp3) is 0.500. The lowest BCUT2D eigenvalue weighted by molar-refractivity contribution is 0.541. The van der Waals surface area contributed by atoms with Crippen molar-refractivity contribution in [3.63, 3.8) is 0 Å². The first kappa shape index (κ1) is 13.2. The van der Waals surface area contributed by atoms with Crippen LogP contribution in [0.5, 0.6) is 0 Å². The Morgan fingerprint density at radius 1 is 1.11 bits per heavy atom. The van der Waals surface area contributed by atoms with Crippen molar-refractivity contribution in [3.8, 4) is 0 Å². The van der Waals surface area contributed by atoms with Gasteiger partial charge in [-0.1, -0.05) is 44.9 Å². The van der Waals surface area contributed by atoms with E-state index in [9.17, 15) is 0 Å². The number of rotatable bonds is 7. The van der Waals surface area contributed by atoms with Gasteiger partial charge in [0.2, 0.25) is 0 Å². The smallest absolute Gasteiger partial charge is 0.134 e. The van der Waals surface area contributed by atoms with Gasteiger partial charge in [0.15, 0.2) is 0 Å².